The Hall–Kier alpha value is -1.36. The molecule has 0 bridgehead atoms. The van der Waals surface area contributed by atoms with Crippen LogP contribution in [0.25, 0.3) is 0 Å². The molecule has 0 unspecified atom stereocenters. The highest BCUT2D eigenvalue weighted by Crippen LogP contribution is 2.36. The van der Waals surface area contributed by atoms with E-state index in [0.29, 0.717) is 12.4 Å². The fourth-order valence-electron chi connectivity index (χ4n) is 1.22. The molecule has 1 aliphatic carbocycles. The molecule has 4 N–H and O–H groups in total. The van der Waals surface area contributed by atoms with Crippen molar-refractivity contribution in [3.05, 3.63) is 22.7 Å². The largest absolute Gasteiger partial charge is 0.359 e. The molecule has 5 heteroatoms. The fourth-order valence-corrected chi connectivity index (χ4v) is 1.22. The van der Waals surface area contributed by atoms with E-state index in [-0.39, 0.29) is 11.1 Å². The molecule has 13 heavy (non-hydrogen) atoms. The van der Waals surface area contributed by atoms with Crippen molar-refractivity contribution in [2.24, 2.45) is 5.73 Å². The molecule has 0 aliphatic heterocycles. The van der Waals surface area contributed by atoms with Crippen LogP contribution in [-0.2, 0) is 0 Å². The highest BCUT2D eigenvalue weighted by atomic mass is 16.1. The van der Waals surface area contributed by atoms with Crippen LogP contribution in [-0.4, -0.2) is 22.1 Å². The van der Waals surface area contributed by atoms with E-state index in [1.165, 1.54) is 6.20 Å². The van der Waals surface area contributed by atoms with Gasteiger partial charge in [0.1, 0.15) is 0 Å². The molecule has 1 aliphatic rings. The van der Waals surface area contributed by atoms with Gasteiger partial charge in [-0.15, -0.1) is 0 Å². The Kier molecular flexibility index (Phi) is 1.81. The van der Waals surface area contributed by atoms with Crippen molar-refractivity contribution >= 4 is 5.82 Å². The van der Waals surface area contributed by atoms with E-state index in [0.717, 1.165) is 12.8 Å². The molecule has 1 heterocycles. The second-order valence-corrected chi connectivity index (χ2v) is 3.38. The van der Waals surface area contributed by atoms with E-state index in [2.05, 4.69) is 15.3 Å². The molecule has 5 nitrogen and oxygen atoms in total. The lowest BCUT2D eigenvalue weighted by Crippen LogP contribution is -2.33. The van der Waals surface area contributed by atoms with Gasteiger partial charge in [0.05, 0.1) is 5.54 Å². The van der Waals surface area contributed by atoms with Gasteiger partial charge in [0.15, 0.2) is 5.82 Å². The first-order valence-electron chi connectivity index (χ1n) is 4.28. The highest BCUT2D eigenvalue weighted by Gasteiger charge is 2.41. The number of H-pyrrole nitrogens is 1. The average Bonchev–Trinajstić information content (AvgIpc) is 2.90. The number of rotatable bonds is 3. The Morgan fingerprint density at radius 3 is 3.00 bits per heavy atom. The van der Waals surface area contributed by atoms with Gasteiger partial charge in [0.25, 0.3) is 5.56 Å². The monoisotopic (exact) mass is 180 g/mol. The topological polar surface area (TPSA) is 83.8 Å². The first-order valence-corrected chi connectivity index (χ1v) is 4.28. The number of aromatic nitrogens is 2. The quantitative estimate of drug-likeness (QED) is 0.595. The third-order valence-electron chi connectivity index (χ3n) is 2.34. The third-order valence-corrected chi connectivity index (χ3v) is 2.34. The minimum absolute atomic E-state index is 0.0681. The van der Waals surface area contributed by atoms with Gasteiger partial charge in [-0.2, -0.15) is 0 Å². The predicted octanol–water partition coefficient (Wildman–Crippen LogP) is -0.327. The summed E-state index contributed by atoms with van der Waals surface area (Å²) in [6.45, 7) is 0.545. The van der Waals surface area contributed by atoms with Crippen LogP contribution < -0.4 is 16.6 Å². The smallest absolute Gasteiger partial charge is 0.290 e. The lowest BCUT2D eigenvalue weighted by atomic mass is 10.3. The Labute approximate surface area is 75.4 Å². The molecule has 1 aromatic rings. The normalized spacial score (nSPS) is 18.2. The van der Waals surface area contributed by atoms with E-state index in [4.69, 9.17) is 5.73 Å². The molecule has 1 aromatic heterocycles. The summed E-state index contributed by atoms with van der Waals surface area (Å²) >= 11 is 0. The molecular formula is C8H12N4O. The number of hydrogen-bond donors (Lipinski definition) is 3. The minimum Gasteiger partial charge on any atom is -0.359 e. The van der Waals surface area contributed by atoms with Gasteiger partial charge in [-0.25, -0.2) is 4.98 Å². The molecule has 0 saturated heterocycles. The first-order chi connectivity index (χ1) is 6.26. The van der Waals surface area contributed by atoms with Gasteiger partial charge in [-0.05, 0) is 12.8 Å². The maximum Gasteiger partial charge on any atom is 0.290 e. The molecule has 70 valence electrons. The van der Waals surface area contributed by atoms with Gasteiger partial charge in [-0.1, -0.05) is 0 Å². The van der Waals surface area contributed by atoms with E-state index in [9.17, 15) is 4.79 Å². The van der Waals surface area contributed by atoms with Crippen molar-refractivity contribution in [2.75, 3.05) is 11.9 Å². The van der Waals surface area contributed by atoms with E-state index >= 15 is 0 Å². The van der Waals surface area contributed by atoms with Crippen molar-refractivity contribution < 1.29 is 0 Å². The fraction of sp³-hybridized carbons (Fsp3) is 0.500. The molecule has 1 saturated carbocycles. The Balaban J connectivity index is 2.19. The van der Waals surface area contributed by atoms with E-state index in [1.54, 1.807) is 6.20 Å². The van der Waals surface area contributed by atoms with E-state index < -0.39 is 0 Å². The van der Waals surface area contributed by atoms with Gasteiger partial charge in [-0.3, -0.25) is 4.79 Å². The van der Waals surface area contributed by atoms with Crippen LogP contribution in [0.5, 0.6) is 0 Å². The molecule has 2 rings (SSSR count). The molecular weight excluding hydrogens is 168 g/mol. The number of anilines is 1. The number of aromatic amines is 1. The second kappa shape index (κ2) is 2.85. The van der Waals surface area contributed by atoms with Crippen molar-refractivity contribution in [1.29, 1.82) is 0 Å². The van der Waals surface area contributed by atoms with Crippen molar-refractivity contribution in [1.82, 2.24) is 9.97 Å². The van der Waals surface area contributed by atoms with Crippen molar-refractivity contribution in [3.8, 4) is 0 Å². The summed E-state index contributed by atoms with van der Waals surface area (Å²) in [6.07, 6.45) is 5.09. The zero-order chi connectivity index (χ0) is 9.31. The molecule has 0 aromatic carbocycles. The number of hydrogen-bond acceptors (Lipinski definition) is 4. The van der Waals surface area contributed by atoms with Gasteiger partial charge in [0.2, 0.25) is 0 Å². The molecule has 0 spiro atoms. The maximum absolute atomic E-state index is 11.2. The minimum atomic E-state index is -0.192. The molecule has 0 amide bonds. The molecule has 0 atom stereocenters. The first kappa shape index (κ1) is 8.25. The summed E-state index contributed by atoms with van der Waals surface area (Å²) < 4.78 is 0. The Morgan fingerprint density at radius 2 is 2.46 bits per heavy atom. The SMILES string of the molecule is NCC1(Nc2ncc[nH]c2=O)CC1. The highest BCUT2D eigenvalue weighted by molar-refractivity contribution is 5.38. The summed E-state index contributed by atoms with van der Waals surface area (Å²) in [5.74, 6) is 0.366. The zero-order valence-electron chi connectivity index (χ0n) is 7.21. The summed E-state index contributed by atoms with van der Waals surface area (Å²) in [4.78, 5) is 17.7. The summed E-state index contributed by atoms with van der Waals surface area (Å²) in [7, 11) is 0. The van der Waals surface area contributed by atoms with Gasteiger partial charge >= 0.3 is 0 Å². The predicted molar refractivity (Wildman–Crippen MR) is 49.5 cm³/mol. The van der Waals surface area contributed by atoms with Gasteiger partial charge < -0.3 is 16.0 Å². The summed E-state index contributed by atoms with van der Waals surface area (Å²) in [6, 6.07) is 0. The zero-order valence-corrected chi connectivity index (χ0v) is 7.21. The van der Waals surface area contributed by atoms with Crippen LogP contribution in [0.3, 0.4) is 0 Å². The molecule has 0 radical (unpaired) electrons. The van der Waals surface area contributed by atoms with Crippen molar-refractivity contribution in [3.63, 3.8) is 0 Å². The van der Waals surface area contributed by atoms with Crippen LogP contribution in [0.4, 0.5) is 5.82 Å². The lowest BCUT2D eigenvalue weighted by molar-refractivity contribution is 0.734. The average molecular weight is 180 g/mol. The van der Waals surface area contributed by atoms with Crippen LogP contribution in [0, 0.1) is 0 Å². The van der Waals surface area contributed by atoms with Gasteiger partial charge in [0, 0.05) is 18.9 Å². The van der Waals surface area contributed by atoms with E-state index in [1.807, 2.05) is 0 Å². The number of nitrogens with two attached hydrogens (primary N) is 1. The van der Waals surface area contributed by atoms with Crippen LogP contribution >= 0.6 is 0 Å². The van der Waals surface area contributed by atoms with Crippen LogP contribution in [0.2, 0.25) is 0 Å². The Morgan fingerprint density at radius 1 is 1.69 bits per heavy atom. The summed E-state index contributed by atoms with van der Waals surface area (Å²) in [5.41, 5.74) is 5.30. The van der Waals surface area contributed by atoms with Crippen molar-refractivity contribution in [2.45, 2.75) is 18.4 Å². The molecule has 1 fully saturated rings. The third kappa shape index (κ3) is 1.55. The second-order valence-electron chi connectivity index (χ2n) is 3.38. The maximum atomic E-state index is 11.2. The van der Waals surface area contributed by atoms with Crippen LogP contribution in [0.15, 0.2) is 17.2 Å². The Bertz CT molecular complexity index is 355. The summed E-state index contributed by atoms with van der Waals surface area (Å²) in [5, 5.41) is 3.07. The van der Waals surface area contributed by atoms with Crippen LogP contribution in [0.1, 0.15) is 12.8 Å². The number of nitrogens with zero attached hydrogens (tertiary/aromatic N) is 1. The standard InChI is InChI=1S/C8H12N4O/c9-5-8(1-2-8)12-6-7(13)11-4-3-10-6/h3-4H,1-2,5,9H2,(H,10,12)(H,11,13). The lowest BCUT2D eigenvalue weighted by Gasteiger charge is -2.13. The number of nitrogens with one attached hydrogen (secondary N) is 2.